The first-order valence-electron chi connectivity index (χ1n) is 5.30. The molecule has 0 radical (unpaired) electrons. The molecule has 1 rings (SSSR count). The van der Waals surface area contributed by atoms with E-state index in [0.29, 0.717) is 13.2 Å². The molecular formula is C10H19NO4. The number of carbonyl (C=O) groups is 1. The van der Waals surface area contributed by atoms with E-state index in [2.05, 4.69) is 0 Å². The molecule has 1 atom stereocenters. The van der Waals surface area contributed by atoms with Crippen LogP contribution in [0.25, 0.3) is 0 Å². The lowest BCUT2D eigenvalue weighted by Gasteiger charge is -2.29. The van der Waals surface area contributed by atoms with E-state index in [0.717, 1.165) is 12.8 Å². The fraction of sp³-hybridized carbons (Fsp3) is 0.900. The van der Waals surface area contributed by atoms with E-state index in [1.54, 1.807) is 0 Å². The Labute approximate surface area is 89.5 Å². The van der Waals surface area contributed by atoms with Crippen molar-refractivity contribution < 1.29 is 19.4 Å². The standard InChI is InChI=1S/C10H19NO4/c1-3-14-9(15-4-2)10(5-6-10)7(11)8(12)13/h7,9H,3-6,11H2,1-2H3,(H,12,13). The van der Waals surface area contributed by atoms with Crippen molar-refractivity contribution in [2.24, 2.45) is 11.1 Å². The fourth-order valence-electron chi connectivity index (χ4n) is 1.77. The van der Waals surface area contributed by atoms with Crippen molar-refractivity contribution in [2.75, 3.05) is 13.2 Å². The zero-order chi connectivity index (χ0) is 11.5. The van der Waals surface area contributed by atoms with Crippen LogP contribution in [0.3, 0.4) is 0 Å². The van der Waals surface area contributed by atoms with Crippen LogP contribution in [0.4, 0.5) is 0 Å². The van der Waals surface area contributed by atoms with Crippen LogP contribution < -0.4 is 5.73 Å². The van der Waals surface area contributed by atoms with Crippen molar-refractivity contribution in [3.63, 3.8) is 0 Å². The van der Waals surface area contributed by atoms with Crippen molar-refractivity contribution in [3.05, 3.63) is 0 Å². The fourth-order valence-corrected chi connectivity index (χ4v) is 1.77. The minimum absolute atomic E-state index is 0.487. The number of hydrogen-bond donors (Lipinski definition) is 2. The van der Waals surface area contributed by atoms with Crippen molar-refractivity contribution in [3.8, 4) is 0 Å². The summed E-state index contributed by atoms with van der Waals surface area (Å²) >= 11 is 0. The van der Waals surface area contributed by atoms with Crippen LogP contribution in [0.15, 0.2) is 0 Å². The molecule has 15 heavy (non-hydrogen) atoms. The van der Waals surface area contributed by atoms with E-state index in [-0.39, 0.29) is 0 Å². The Balaban J connectivity index is 2.68. The van der Waals surface area contributed by atoms with Gasteiger partial charge in [0, 0.05) is 18.6 Å². The SMILES string of the molecule is CCOC(OCC)C1(C(N)C(=O)O)CC1. The second kappa shape index (κ2) is 4.92. The molecule has 1 aliphatic carbocycles. The number of carboxylic acid groups (broad SMARTS) is 1. The maximum absolute atomic E-state index is 10.9. The first kappa shape index (κ1) is 12.4. The average Bonchev–Trinajstić information content (AvgIpc) is 2.97. The highest BCUT2D eigenvalue weighted by Crippen LogP contribution is 2.52. The van der Waals surface area contributed by atoms with E-state index < -0.39 is 23.7 Å². The van der Waals surface area contributed by atoms with Gasteiger partial charge in [-0.3, -0.25) is 4.79 Å². The van der Waals surface area contributed by atoms with Crippen LogP contribution in [-0.2, 0) is 14.3 Å². The molecule has 5 nitrogen and oxygen atoms in total. The molecule has 0 heterocycles. The van der Waals surface area contributed by atoms with Crippen LogP contribution in [0.5, 0.6) is 0 Å². The Bertz CT molecular complexity index is 221. The van der Waals surface area contributed by atoms with E-state index in [9.17, 15) is 4.79 Å². The summed E-state index contributed by atoms with van der Waals surface area (Å²) in [5.41, 5.74) is 5.14. The third kappa shape index (κ3) is 2.48. The van der Waals surface area contributed by atoms with Gasteiger partial charge in [-0.2, -0.15) is 0 Å². The quantitative estimate of drug-likeness (QED) is 0.609. The highest BCUT2D eigenvalue weighted by atomic mass is 16.7. The Hall–Kier alpha value is -0.650. The molecule has 0 aromatic rings. The maximum atomic E-state index is 10.9. The molecule has 0 spiro atoms. The van der Waals surface area contributed by atoms with Gasteiger partial charge in [0.05, 0.1) is 0 Å². The lowest BCUT2D eigenvalue weighted by Crippen LogP contribution is -2.47. The van der Waals surface area contributed by atoms with Gasteiger partial charge < -0.3 is 20.3 Å². The zero-order valence-corrected chi connectivity index (χ0v) is 9.23. The van der Waals surface area contributed by atoms with Crippen LogP contribution in [-0.4, -0.2) is 36.6 Å². The second-order valence-corrected chi connectivity index (χ2v) is 3.79. The molecule has 0 aliphatic heterocycles. The molecule has 0 saturated heterocycles. The van der Waals surface area contributed by atoms with Gasteiger partial charge in [0.25, 0.3) is 0 Å². The van der Waals surface area contributed by atoms with Crippen LogP contribution >= 0.6 is 0 Å². The molecule has 1 aliphatic rings. The molecule has 0 aromatic heterocycles. The Morgan fingerprint density at radius 1 is 1.40 bits per heavy atom. The van der Waals surface area contributed by atoms with Crippen molar-refractivity contribution in [1.29, 1.82) is 0 Å². The molecule has 1 saturated carbocycles. The minimum Gasteiger partial charge on any atom is -0.480 e. The van der Waals surface area contributed by atoms with Gasteiger partial charge in [-0.15, -0.1) is 0 Å². The highest BCUT2D eigenvalue weighted by Gasteiger charge is 2.58. The summed E-state index contributed by atoms with van der Waals surface area (Å²) in [7, 11) is 0. The summed E-state index contributed by atoms with van der Waals surface area (Å²) in [5, 5.41) is 8.91. The molecule has 1 unspecified atom stereocenters. The van der Waals surface area contributed by atoms with Gasteiger partial charge in [-0.05, 0) is 26.7 Å². The second-order valence-electron chi connectivity index (χ2n) is 3.79. The zero-order valence-electron chi connectivity index (χ0n) is 9.23. The van der Waals surface area contributed by atoms with E-state index in [4.69, 9.17) is 20.3 Å². The van der Waals surface area contributed by atoms with Gasteiger partial charge in [0.2, 0.25) is 0 Å². The summed E-state index contributed by atoms with van der Waals surface area (Å²) in [6, 6.07) is -0.902. The third-order valence-corrected chi connectivity index (χ3v) is 2.82. The molecular weight excluding hydrogens is 198 g/mol. The minimum atomic E-state index is -0.989. The normalized spacial score (nSPS) is 20.3. The predicted octanol–water partition coefficient (Wildman–Crippen LogP) is 0.578. The smallest absolute Gasteiger partial charge is 0.321 e. The largest absolute Gasteiger partial charge is 0.480 e. The Morgan fingerprint density at radius 2 is 1.87 bits per heavy atom. The van der Waals surface area contributed by atoms with Crippen molar-refractivity contribution in [2.45, 2.75) is 39.0 Å². The molecule has 0 bridgehead atoms. The number of ether oxygens (including phenoxy) is 2. The lowest BCUT2D eigenvalue weighted by atomic mass is 9.96. The monoisotopic (exact) mass is 217 g/mol. The topological polar surface area (TPSA) is 81.8 Å². The Kier molecular flexibility index (Phi) is 4.07. The third-order valence-electron chi connectivity index (χ3n) is 2.82. The number of rotatable bonds is 7. The van der Waals surface area contributed by atoms with Crippen LogP contribution in [0.1, 0.15) is 26.7 Å². The van der Waals surface area contributed by atoms with Crippen LogP contribution in [0.2, 0.25) is 0 Å². The summed E-state index contributed by atoms with van der Waals surface area (Å²) < 4.78 is 10.8. The van der Waals surface area contributed by atoms with E-state index in [1.165, 1.54) is 0 Å². The molecule has 3 N–H and O–H groups in total. The van der Waals surface area contributed by atoms with Gasteiger partial charge in [0.1, 0.15) is 6.04 Å². The molecule has 88 valence electrons. The van der Waals surface area contributed by atoms with Gasteiger partial charge >= 0.3 is 5.97 Å². The first-order valence-corrected chi connectivity index (χ1v) is 5.30. The first-order chi connectivity index (χ1) is 7.08. The molecule has 0 amide bonds. The molecule has 1 fully saturated rings. The van der Waals surface area contributed by atoms with Gasteiger partial charge in [0.15, 0.2) is 6.29 Å². The summed E-state index contributed by atoms with van der Waals surface area (Å²) in [6.07, 6.45) is 1.02. The van der Waals surface area contributed by atoms with E-state index >= 15 is 0 Å². The number of nitrogens with two attached hydrogens (primary N) is 1. The number of carboxylic acids is 1. The number of aliphatic carboxylic acids is 1. The lowest BCUT2D eigenvalue weighted by molar-refractivity contribution is -0.186. The summed E-state index contributed by atoms with van der Waals surface area (Å²) in [5.74, 6) is -0.989. The van der Waals surface area contributed by atoms with Gasteiger partial charge in [-0.25, -0.2) is 0 Å². The van der Waals surface area contributed by atoms with Crippen molar-refractivity contribution >= 4 is 5.97 Å². The summed E-state index contributed by atoms with van der Waals surface area (Å²) in [4.78, 5) is 10.9. The number of hydrogen-bond acceptors (Lipinski definition) is 4. The molecule has 5 heteroatoms. The van der Waals surface area contributed by atoms with E-state index in [1.807, 2.05) is 13.8 Å². The van der Waals surface area contributed by atoms with Crippen LogP contribution in [0, 0.1) is 5.41 Å². The highest BCUT2D eigenvalue weighted by molar-refractivity contribution is 5.75. The van der Waals surface area contributed by atoms with Gasteiger partial charge in [-0.1, -0.05) is 0 Å². The average molecular weight is 217 g/mol. The maximum Gasteiger partial charge on any atom is 0.321 e. The predicted molar refractivity (Wildman–Crippen MR) is 54.3 cm³/mol. The van der Waals surface area contributed by atoms with Crippen molar-refractivity contribution in [1.82, 2.24) is 0 Å². The molecule has 0 aromatic carbocycles. The summed E-state index contributed by atoms with van der Waals surface area (Å²) in [6.45, 7) is 4.71. The Morgan fingerprint density at radius 3 is 2.13 bits per heavy atom.